The summed E-state index contributed by atoms with van der Waals surface area (Å²) in [6, 6.07) is 12.8. The number of benzene rings is 2. The van der Waals surface area contributed by atoms with Crippen molar-refractivity contribution >= 4 is 27.3 Å². The smallest absolute Gasteiger partial charge is 0.136 e. The maximum atomic E-state index is 6.09. The summed E-state index contributed by atoms with van der Waals surface area (Å²) in [5.41, 5.74) is 7.83. The van der Waals surface area contributed by atoms with Crippen LogP contribution in [0.2, 0.25) is 0 Å². The van der Waals surface area contributed by atoms with Gasteiger partial charge in [-0.05, 0) is 90.2 Å². The fourth-order valence-corrected chi connectivity index (χ4v) is 5.51. The van der Waals surface area contributed by atoms with E-state index in [1.165, 1.54) is 52.5 Å². The summed E-state index contributed by atoms with van der Waals surface area (Å²) < 4.78 is 7.52. The molecule has 1 aromatic heterocycles. The zero-order chi connectivity index (χ0) is 23.6. The van der Waals surface area contributed by atoms with E-state index in [0.717, 1.165) is 18.1 Å². The minimum Gasteiger partial charge on any atom is -0.489 e. The molecule has 1 heterocycles. The first kappa shape index (κ1) is 24.6. The Bertz CT molecular complexity index is 1110. The minimum atomic E-state index is 0.581. The monoisotopic (exact) mass is 462 g/mol. The second kappa shape index (κ2) is 12.3. The maximum Gasteiger partial charge on any atom is 0.136 e. The van der Waals surface area contributed by atoms with Crippen LogP contribution in [-0.4, -0.2) is 5.84 Å². The molecule has 1 aliphatic rings. The molecule has 4 rings (SSSR count). The molecule has 0 radical (unpaired) electrons. The van der Waals surface area contributed by atoms with E-state index in [0.29, 0.717) is 18.9 Å². The van der Waals surface area contributed by atoms with E-state index in [-0.39, 0.29) is 0 Å². The van der Waals surface area contributed by atoms with Gasteiger partial charge >= 0.3 is 0 Å². The summed E-state index contributed by atoms with van der Waals surface area (Å²) in [6.45, 7) is 4.45. The summed E-state index contributed by atoms with van der Waals surface area (Å²) in [6.07, 6.45) is 11.5. The van der Waals surface area contributed by atoms with Crippen molar-refractivity contribution in [1.29, 1.82) is 0 Å². The van der Waals surface area contributed by atoms with Crippen LogP contribution >= 0.6 is 11.3 Å². The van der Waals surface area contributed by atoms with Crippen LogP contribution in [0, 0.1) is 19.3 Å². The summed E-state index contributed by atoms with van der Waals surface area (Å²) in [5.74, 6) is 15.1. The Morgan fingerprint density at radius 2 is 1.91 bits per heavy atom. The number of aryl methyl sites for hydroxylation is 2. The Labute approximate surface area is 201 Å². The van der Waals surface area contributed by atoms with Gasteiger partial charge in [0.1, 0.15) is 18.2 Å². The number of amidine groups is 1. The highest BCUT2D eigenvalue weighted by molar-refractivity contribution is 7.17. The Morgan fingerprint density at radius 3 is 2.55 bits per heavy atom. The third kappa shape index (κ3) is 6.50. The van der Waals surface area contributed by atoms with Gasteiger partial charge in [0.05, 0.1) is 0 Å². The molecule has 0 amide bonds. The Hall–Kier alpha value is -3.01. The fraction of sp³-hybridized carbons (Fsp3) is 0.370. The first-order valence-corrected chi connectivity index (χ1v) is 12.3. The van der Waals surface area contributed by atoms with Crippen molar-refractivity contribution in [2.24, 2.45) is 16.8 Å². The molecule has 0 unspecified atom stereocenters. The van der Waals surface area contributed by atoms with Crippen molar-refractivity contribution in [2.45, 2.75) is 64.9 Å². The topological polar surface area (TPSA) is 85.7 Å². The number of nitrogens with one attached hydrogen (secondary N) is 1. The van der Waals surface area contributed by atoms with Crippen LogP contribution in [0.15, 0.2) is 46.9 Å². The van der Waals surface area contributed by atoms with E-state index in [4.69, 9.17) is 16.4 Å². The van der Waals surface area contributed by atoms with Crippen molar-refractivity contribution in [1.82, 2.24) is 5.43 Å². The number of hydrogen-bond donors (Lipinski definition) is 3. The maximum absolute atomic E-state index is 6.09. The van der Waals surface area contributed by atoms with Gasteiger partial charge in [0.25, 0.3) is 0 Å². The number of hydrazone groups is 1. The second-order valence-corrected chi connectivity index (χ2v) is 9.28. The van der Waals surface area contributed by atoms with Gasteiger partial charge in [-0.2, -0.15) is 5.10 Å². The minimum absolute atomic E-state index is 0.581. The van der Waals surface area contributed by atoms with Crippen molar-refractivity contribution in [3.05, 3.63) is 64.0 Å². The van der Waals surface area contributed by atoms with Crippen LogP contribution in [0.4, 0.5) is 0 Å². The van der Waals surface area contributed by atoms with Crippen molar-refractivity contribution in [2.75, 3.05) is 0 Å². The molecular weight excluding hydrogens is 428 g/mol. The lowest BCUT2D eigenvalue weighted by atomic mass is 9.95. The summed E-state index contributed by atoms with van der Waals surface area (Å²) in [7, 11) is 0. The lowest BCUT2D eigenvalue weighted by molar-refractivity contribution is 0.306. The molecule has 0 bridgehead atoms. The molecule has 2 aromatic carbocycles. The molecule has 6 heteroatoms. The van der Waals surface area contributed by atoms with E-state index in [1.807, 2.05) is 23.5 Å². The van der Waals surface area contributed by atoms with Crippen LogP contribution in [0.3, 0.4) is 0 Å². The average molecular weight is 463 g/mol. The molecule has 0 aliphatic heterocycles. The summed E-state index contributed by atoms with van der Waals surface area (Å²) in [4.78, 5) is 0. The first-order chi connectivity index (χ1) is 16.1. The number of ether oxygens (including phenoxy) is 1. The number of fused-ring (bicyclic) bond motifs is 1. The number of hydrazine groups is 1. The van der Waals surface area contributed by atoms with E-state index < -0.39 is 0 Å². The zero-order valence-corrected chi connectivity index (χ0v) is 20.4. The third-order valence-electron chi connectivity index (χ3n) is 6.05. The van der Waals surface area contributed by atoms with Gasteiger partial charge in [-0.15, -0.1) is 23.7 Å². The van der Waals surface area contributed by atoms with Crippen molar-refractivity contribution in [3.63, 3.8) is 0 Å². The van der Waals surface area contributed by atoms with Crippen LogP contribution in [-0.2, 0) is 13.0 Å². The highest BCUT2D eigenvalue weighted by Crippen LogP contribution is 2.41. The van der Waals surface area contributed by atoms with Gasteiger partial charge in [0.2, 0.25) is 0 Å². The van der Waals surface area contributed by atoms with E-state index in [9.17, 15) is 0 Å². The highest BCUT2D eigenvalue weighted by Gasteiger charge is 2.21. The average Bonchev–Trinajstić information content (AvgIpc) is 3.50. The Kier molecular flexibility index (Phi) is 9.17. The molecule has 33 heavy (non-hydrogen) atoms. The SMILES string of the molecule is C#CC.Cc1cc(COc2ccc(CC/C(=N/N)NN)cc2)cc2c(C3CCCC3)csc12. The lowest BCUT2D eigenvalue weighted by Gasteiger charge is -2.11. The Balaban J connectivity index is 0.000000968. The Morgan fingerprint density at radius 1 is 1.21 bits per heavy atom. The standard InChI is InChI=1S/C24H30N4OS.C3H4/c1-16-12-18(13-21-22(15-30-24(16)21)19-4-2-3-5-19)14-29-20-9-6-17(7-10-20)8-11-23(27-25)28-26;1-3-2/h6-7,9-10,12-13,15,19H,2-5,8,11,14,25-26H2,1H3,(H,27,28);1H,2H3. The molecule has 174 valence electrons. The molecule has 0 atom stereocenters. The lowest BCUT2D eigenvalue weighted by Crippen LogP contribution is -2.31. The number of thiophene rings is 1. The summed E-state index contributed by atoms with van der Waals surface area (Å²) in [5, 5.41) is 7.44. The molecule has 1 saturated carbocycles. The number of nitrogens with two attached hydrogens (primary N) is 2. The van der Waals surface area contributed by atoms with Crippen LogP contribution in [0.1, 0.15) is 67.2 Å². The first-order valence-electron chi connectivity index (χ1n) is 11.4. The molecule has 1 aliphatic carbocycles. The number of nitrogens with zero attached hydrogens (tertiary/aromatic N) is 1. The fourth-order valence-electron chi connectivity index (χ4n) is 4.40. The van der Waals surface area contributed by atoms with Gasteiger partial charge in [-0.25, -0.2) is 5.84 Å². The van der Waals surface area contributed by atoms with Gasteiger partial charge in [-0.3, -0.25) is 0 Å². The van der Waals surface area contributed by atoms with Crippen molar-refractivity contribution in [3.8, 4) is 18.1 Å². The van der Waals surface area contributed by atoms with Gasteiger partial charge < -0.3 is 16.0 Å². The van der Waals surface area contributed by atoms with Gasteiger partial charge in [0, 0.05) is 11.1 Å². The number of terminal acetylenes is 1. The van der Waals surface area contributed by atoms with E-state index >= 15 is 0 Å². The van der Waals surface area contributed by atoms with Crippen LogP contribution in [0.25, 0.3) is 10.1 Å². The second-order valence-electron chi connectivity index (χ2n) is 8.40. The predicted molar refractivity (Wildman–Crippen MR) is 140 cm³/mol. The van der Waals surface area contributed by atoms with E-state index in [1.54, 1.807) is 12.5 Å². The quantitative estimate of drug-likeness (QED) is 0.137. The van der Waals surface area contributed by atoms with Gasteiger partial charge in [-0.1, -0.05) is 31.0 Å². The zero-order valence-electron chi connectivity index (χ0n) is 19.6. The number of hydrogen-bond acceptors (Lipinski definition) is 5. The third-order valence-corrected chi connectivity index (χ3v) is 7.20. The predicted octanol–water partition coefficient (Wildman–Crippen LogP) is 5.75. The molecule has 0 saturated heterocycles. The molecule has 3 aromatic rings. The van der Waals surface area contributed by atoms with E-state index in [2.05, 4.69) is 59.4 Å². The molecular formula is C27H34N4OS. The molecule has 1 fully saturated rings. The largest absolute Gasteiger partial charge is 0.489 e. The van der Waals surface area contributed by atoms with Crippen molar-refractivity contribution < 1.29 is 4.74 Å². The highest BCUT2D eigenvalue weighted by atomic mass is 32.1. The summed E-state index contributed by atoms with van der Waals surface area (Å²) >= 11 is 1.89. The van der Waals surface area contributed by atoms with Crippen LogP contribution in [0.5, 0.6) is 5.75 Å². The molecule has 0 spiro atoms. The molecule has 5 N–H and O–H groups in total. The normalized spacial score (nSPS) is 13.9. The molecule has 5 nitrogen and oxygen atoms in total. The van der Waals surface area contributed by atoms with Crippen LogP contribution < -0.4 is 21.8 Å². The number of rotatable bonds is 7. The van der Waals surface area contributed by atoms with Gasteiger partial charge in [0.15, 0.2) is 0 Å².